The molecule has 2 heterocycles. The molecule has 108 valence electrons. The molecule has 1 saturated heterocycles. The third-order valence-electron chi connectivity index (χ3n) is 3.79. The highest BCUT2D eigenvalue weighted by molar-refractivity contribution is 6.00. The van der Waals surface area contributed by atoms with Crippen molar-refractivity contribution in [1.82, 2.24) is 9.88 Å². The number of carbonyl (C=O) groups is 2. The molecule has 2 aromatic rings. The summed E-state index contributed by atoms with van der Waals surface area (Å²) < 4.78 is 0. The van der Waals surface area contributed by atoms with Crippen LogP contribution in [0.5, 0.6) is 0 Å². The van der Waals surface area contributed by atoms with Crippen LogP contribution >= 0.6 is 0 Å². The van der Waals surface area contributed by atoms with Crippen molar-refractivity contribution >= 4 is 28.5 Å². The van der Waals surface area contributed by atoms with Crippen LogP contribution in [-0.2, 0) is 16.1 Å². The molecule has 0 spiro atoms. The minimum atomic E-state index is -0.681. The molecule has 0 unspecified atom stereocenters. The van der Waals surface area contributed by atoms with Crippen molar-refractivity contribution in [1.29, 1.82) is 0 Å². The number of pyridine rings is 1. The molecule has 6 heteroatoms. The van der Waals surface area contributed by atoms with Crippen molar-refractivity contribution in [2.24, 2.45) is 11.7 Å². The first kappa shape index (κ1) is 13.4. The molecule has 21 heavy (non-hydrogen) atoms. The molecule has 1 aromatic heterocycles. The van der Waals surface area contributed by atoms with E-state index in [-0.39, 0.29) is 5.91 Å². The summed E-state index contributed by atoms with van der Waals surface area (Å²) >= 11 is 0. The number of hydrogen-bond acceptors (Lipinski definition) is 4. The third-order valence-corrected chi connectivity index (χ3v) is 3.79. The Kier molecular flexibility index (Phi) is 3.21. The van der Waals surface area contributed by atoms with Crippen LogP contribution in [0.25, 0.3) is 10.9 Å². The molecule has 6 nitrogen and oxygen atoms in total. The van der Waals surface area contributed by atoms with E-state index >= 15 is 0 Å². The lowest BCUT2D eigenvalue weighted by atomic mass is 10.1. The monoisotopic (exact) mass is 284 g/mol. The number of hydrogen-bond donors (Lipinski definition) is 2. The molecule has 1 fully saturated rings. The van der Waals surface area contributed by atoms with E-state index in [1.54, 1.807) is 11.0 Å². The number of primary amides is 1. The normalized spacial score (nSPS) is 18.4. The van der Waals surface area contributed by atoms with Gasteiger partial charge in [-0.05, 0) is 30.2 Å². The lowest BCUT2D eigenvalue weighted by molar-refractivity contribution is -0.136. The zero-order chi connectivity index (χ0) is 15.0. The van der Waals surface area contributed by atoms with Crippen LogP contribution in [0, 0.1) is 5.92 Å². The molecule has 1 aliphatic heterocycles. The second-order valence-electron chi connectivity index (χ2n) is 5.27. The highest BCUT2D eigenvalue weighted by Crippen LogP contribution is 2.22. The summed E-state index contributed by atoms with van der Waals surface area (Å²) in [4.78, 5) is 29.2. The van der Waals surface area contributed by atoms with Crippen molar-refractivity contribution in [3.05, 3.63) is 35.9 Å². The molecule has 3 rings (SSSR count). The maximum Gasteiger partial charge on any atom is 0.235 e. The van der Waals surface area contributed by atoms with Gasteiger partial charge in [0, 0.05) is 18.5 Å². The van der Waals surface area contributed by atoms with E-state index in [0.29, 0.717) is 25.3 Å². The summed E-state index contributed by atoms with van der Waals surface area (Å²) in [6.07, 6.45) is 0.493. The number of aromatic nitrogens is 1. The first-order valence-electron chi connectivity index (χ1n) is 6.78. The van der Waals surface area contributed by atoms with Gasteiger partial charge in [0.25, 0.3) is 0 Å². The van der Waals surface area contributed by atoms with Crippen molar-refractivity contribution in [3.63, 3.8) is 0 Å². The number of carbonyl (C=O) groups excluding carboxylic acids is 2. The number of nitrogen functional groups attached to an aromatic ring is 1. The minimum absolute atomic E-state index is 0.192. The first-order valence-corrected chi connectivity index (χ1v) is 6.78. The number of nitrogens with zero attached hydrogens (tertiary/aromatic N) is 2. The first-order chi connectivity index (χ1) is 10.0. The minimum Gasteiger partial charge on any atom is -0.384 e. The zero-order valence-corrected chi connectivity index (χ0v) is 11.5. The van der Waals surface area contributed by atoms with Crippen LogP contribution < -0.4 is 11.5 Å². The SMILES string of the molecule is NC(=O)[C@@H]1CCN(Cc2ccc3ccc(N)nc3c2)C1=O. The molecule has 1 atom stereocenters. The Morgan fingerprint density at radius 3 is 2.81 bits per heavy atom. The molecular weight excluding hydrogens is 268 g/mol. The fraction of sp³-hybridized carbons (Fsp3) is 0.267. The number of nitrogens with two attached hydrogens (primary N) is 2. The van der Waals surface area contributed by atoms with Crippen LogP contribution in [0.15, 0.2) is 30.3 Å². The van der Waals surface area contributed by atoms with Gasteiger partial charge in [-0.15, -0.1) is 0 Å². The van der Waals surface area contributed by atoms with Crippen molar-refractivity contribution in [3.8, 4) is 0 Å². The molecule has 1 aliphatic rings. The Bertz CT molecular complexity index is 729. The molecule has 0 saturated carbocycles. The molecule has 0 bridgehead atoms. The van der Waals surface area contributed by atoms with Crippen LogP contribution in [0.3, 0.4) is 0 Å². The average Bonchev–Trinajstić information content (AvgIpc) is 2.80. The van der Waals surface area contributed by atoms with E-state index in [1.165, 1.54) is 0 Å². The van der Waals surface area contributed by atoms with E-state index in [1.807, 2.05) is 24.3 Å². The summed E-state index contributed by atoms with van der Waals surface area (Å²) in [5.74, 6) is -0.955. The van der Waals surface area contributed by atoms with Crippen LogP contribution in [0.4, 0.5) is 5.82 Å². The van der Waals surface area contributed by atoms with E-state index < -0.39 is 11.8 Å². The van der Waals surface area contributed by atoms with Crippen LogP contribution in [-0.4, -0.2) is 28.2 Å². The predicted octanol–water partition coefficient (Wildman–Crippen LogP) is 0.651. The summed E-state index contributed by atoms with van der Waals surface area (Å²) in [7, 11) is 0. The average molecular weight is 284 g/mol. The molecule has 0 radical (unpaired) electrons. The van der Waals surface area contributed by atoms with Crippen molar-refractivity contribution in [2.45, 2.75) is 13.0 Å². The standard InChI is InChI=1S/C15H16N4O2/c16-13-4-3-10-2-1-9(7-12(10)18-13)8-19-6-5-11(14(17)20)15(19)21/h1-4,7,11H,5-6,8H2,(H2,16,18)(H2,17,20)/t11-/m0/s1. The summed E-state index contributed by atoms with van der Waals surface area (Å²) in [5, 5.41) is 0.996. The Morgan fingerprint density at radius 1 is 1.33 bits per heavy atom. The van der Waals surface area contributed by atoms with E-state index in [4.69, 9.17) is 11.5 Å². The lowest BCUT2D eigenvalue weighted by Gasteiger charge is -2.16. The van der Waals surface area contributed by atoms with Gasteiger partial charge in [0.05, 0.1) is 5.52 Å². The lowest BCUT2D eigenvalue weighted by Crippen LogP contribution is -2.33. The molecular formula is C15H16N4O2. The van der Waals surface area contributed by atoms with Crippen LogP contribution in [0.2, 0.25) is 0 Å². The molecule has 4 N–H and O–H groups in total. The number of likely N-dealkylation sites (tertiary alicyclic amines) is 1. The Morgan fingerprint density at radius 2 is 2.10 bits per heavy atom. The number of rotatable bonds is 3. The van der Waals surface area contributed by atoms with Gasteiger partial charge in [0.15, 0.2) is 0 Å². The van der Waals surface area contributed by atoms with Gasteiger partial charge < -0.3 is 16.4 Å². The Hall–Kier alpha value is -2.63. The van der Waals surface area contributed by atoms with Crippen LogP contribution in [0.1, 0.15) is 12.0 Å². The fourth-order valence-electron chi connectivity index (χ4n) is 2.66. The Labute approximate surface area is 121 Å². The molecule has 1 aromatic carbocycles. The van der Waals surface area contributed by atoms with Gasteiger partial charge in [-0.25, -0.2) is 4.98 Å². The van der Waals surface area contributed by atoms with Gasteiger partial charge in [-0.3, -0.25) is 9.59 Å². The maximum absolute atomic E-state index is 12.1. The highest BCUT2D eigenvalue weighted by Gasteiger charge is 2.35. The Balaban J connectivity index is 1.82. The maximum atomic E-state index is 12.1. The van der Waals surface area contributed by atoms with E-state index in [0.717, 1.165) is 16.5 Å². The second kappa shape index (κ2) is 5.05. The van der Waals surface area contributed by atoms with Gasteiger partial charge in [0.1, 0.15) is 11.7 Å². The second-order valence-corrected chi connectivity index (χ2v) is 5.27. The van der Waals surface area contributed by atoms with Gasteiger partial charge in [0.2, 0.25) is 11.8 Å². The van der Waals surface area contributed by atoms with Gasteiger partial charge in [-0.2, -0.15) is 0 Å². The number of amides is 2. The quantitative estimate of drug-likeness (QED) is 0.808. The topological polar surface area (TPSA) is 102 Å². The number of benzene rings is 1. The van der Waals surface area contributed by atoms with E-state index in [2.05, 4.69) is 4.98 Å². The van der Waals surface area contributed by atoms with Gasteiger partial charge >= 0.3 is 0 Å². The zero-order valence-electron chi connectivity index (χ0n) is 11.5. The highest BCUT2D eigenvalue weighted by atomic mass is 16.2. The number of anilines is 1. The third kappa shape index (κ3) is 2.52. The molecule has 2 amide bonds. The van der Waals surface area contributed by atoms with Gasteiger partial charge in [-0.1, -0.05) is 12.1 Å². The summed E-state index contributed by atoms with van der Waals surface area (Å²) in [6, 6.07) is 9.47. The van der Waals surface area contributed by atoms with Crippen molar-refractivity contribution < 1.29 is 9.59 Å². The largest absolute Gasteiger partial charge is 0.384 e. The summed E-state index contributed by atoms with van der Waals surface area (Å²) in [6.45, 7) is 1.00. The number of fused-ring (bicyclic) bond motifs is 1. The fourth-order valence-corrected chi connectivity index (χ4v) is 2.66. The molecule has 0 aliphatic carbocycles. The van der Waals surface area contributed by atoms with E-state index in [9.17, 15) is 9.59 Å². The summed E-state index contributed by atoms with van der Waals surface area (Å²) in [5.41, 5.74) is 12.7. The van der Waals surface area contributed by atoms with Crippen molar-refractivity contribution in [2.75, 3.05) is 12.3 Å². The smallest absolute Gasteiger partial charge is 0.235 e. The predicted molar refractivity (Wildman–Crippen MR) is 78.9 cm³/mol.